The highest BCUT2D eigenvalue weighted by atomic mass is 32.1. The number of para-hydroxylation sites is 1. The molecule has 1 aromatic carbocycles. The summed E-state index contributed by atoms with van der Waals surface area (Å²) in [5, 5.41) is 0.695. The maximum atomic E-state index is 12.4. The maximum Gasteiger partial charge on any atom is 0.229 e. The molecule has 3 heterocycles. The van der Waals surface area contributed by atoms with Gasteiger partial charge in [-0.2, -0.15) is 0 Å². The van der Waals surface area contributed by atoms with Gasteiger partial charge in [0.15, 0.2) is 5.13 Å². The zero-order chi connectivity index (χ0) is 15.1. The molecule has 5 nitrogen and oxygen atoms in total. The van der Waals surface area contributed by atoms with Crippen LogP contribution in [0.3, 0.4) is 0 Å². The lowest BCUT2D eigenvalue weighted by atomic mass is 10.1. The van der Waals surface area contributed by atoms with Crippen molar-refractivity contribution >= 4 is 38.5 Å². The first-order valence-corrected chi connectivity index (χ1v) is 8.14. The van der Waals surface area contributed by atoms with Crippen molar-refractivity contribution < 1.29 is 9.59 Å². The summed E-state index contributed by atoms with van der Waals surface area (Å²) in [6, 6.07) is 7.83. The molecule has 112 valence electrons. The van der Waals surface area contributed by atoms with E-state index < -0.39 is 0 Å². The van der Waals surface area contributed by atoms with Gasteiger partial charge in [0.25, 0.3) is 0 Å². The standard InChI is InChI=1S/C16H15N3O2S/c20-14-9-11(15(21)18-7-3-4-8-18)10-19(14)16-17-12-5-1-2-6-13(12)22-16/h1-6,11H,7-10H2. The van der Waals surface area contributed by atoms with E-state index in [4.69, 9.17) is 0 Å². The van der Waals surface area contributed by atoms with E-state index in [2.05, 4.69) is 4.98 Å². The van der Waals surface area contributed by atoms with E-state index in [0.717, 1.165) is 10.2 Å². The van der Waals surface area contributed by atoms with Crippen LogP contribution in [0.25, 0.3) is 10.2 Å². The van der Waals surface area contributed by atoms with Gasteiger partial charge in [-0.15, -0.1) is 0 Å². The summed E-state index contributed by atoms with van der Waals surface area (Å²) in [6.45, 7) is 1.75. The van der Waals surface area contributed by atoms with Crippen LogP contribution in [0, 0.1) is 5.92 Å². The Kier molecular flexibility index (Phi) is 3.18. The number of benzene rings is 1. The van der Waals surface area contributed by atoms with Gasteiger partial charge in [0, 0.05) is 26.1 Å². The Balaban J connectivity index is 1.55. The highest BCUT2D eigenvalue weighted by molar-refractivity contribution is 7.22. The van der Waals surface area contributed by atoms with Gasteiger partial charge in [-0.1, -0.05) is 35.6 Å². The smallest absolute Gasteiger partial charge is 0.229 e. The molecular weight excluding hydrogens is 298 g/mol. The molecule has 0 spiro atoms. The van der Waals surface area contributed by atoms with Gasteiger partial charge in [-0.3, -0.25) is 14.5 Å². The van der Waals surface area contributed by atoms with Gasteiger partial charge in [-0.25, -0.2) is 4.98 Å². The molecule has 2 aliphatic heterocycles. The third-order valence-corrected chi connectivity index (χ3v) is 5.18. The Hall–Kier alpha value is -2.21. The molecule has 6 heteroatoms. The zero-order valence-corrected chi connectivity index (χ0v) is 12.8. The highest BCUT2D eigenvalue weighted by Crippen LogP contribution is 2.33. The summed E-state index contributed by atoms with van der Waals surface area (Å²) in [5.41, 5.74) is 0.897. The van der Waals surface area contributed by atoms with E-state index in [-0.39, 0.29) is 24.2 Å². The first kappa shape index (κ1) is 13.5. The average Bonchev–Trinajstić information content (AvgIpc) is 3.25. The second kappa shape index (κ2) is 5.21. The van der Waals surface area contributed by atoms with Gasteiger partial charge >= 0.3 is 0 Å². The minimum atomic E-state index is -0.251. The zero-order valence-electron chi connectivity index (χ0n) is 11.9. The second-order valence-corrected chi connectivity index (χ2v) is 6.59. The van der Waals surface area contributed by atoms with Crippen molar-refractivity contribution in [2.24, 2.45) is 5.92 Å². The van der Waals surface area contributed by atoms with Crippen molar-refractivity contribution in [1.29, 1.82) is 0 Å². The van der Waals surface area contributed by atoms with E-state index in [1.54, 1.807) is 9.80 Å². The summed E-state index contributed by atoms with van der Waals surface area (Å²) >= 11 is 1.50. The SMILES string of the molecule is O=C(C1CC(=O)N(c2nc3ccccc3s2)C1)N1CC=CC1. The number of thiazole rings is 1. The van der Waals surface area contributed by atoms with Gasteiger partial charge < -0.3 is 4.90 Å². The topological polar surface area (TPSA) is 53.5 Å². The molecule has 2 amide bonds. The highest BCUT2D eigenvalue weighted by Gasteiger charge is 2.38. The first-order valence-electron chi connectivity index (χ1n) is 7.32. The summed E-state index contributed by atoms with van der Waals surface area (Å²) in [7, 11) is 0. The number of hydrogen-bond donors (Lipinski definition) is 0. The van der Waals surface area contributed by atoms with Crippen LogP contribution in [-0.2, 0) is 9.59 Å². The van der Waals surface area contributed by atoms with E-state index >= 15 is 0 Å². The fourth-order valence-electron chi connectivity index (χ4n) is 2.95. The van der Waals surface area contributed by atoms with E-state index in [1.807, 2.05) is 36.4 Å². The molecule has 0 N–H and O–H groups in total. The predicted octanol–water partition coefficient (Wildman–Crippen LogP) is 2.05. The van der Waals surface area contributed by atoms with Crippen LogP contribution in [0.1, 0.15) is 6.42 Å². The van der Waals surface area contributed by atoms with Crippen LogP contribution >= 0.6 is 11.3 Å². The van der Waals surface area contributed by atoms with Crippen molar-refractivity contribution in [2.45, 2.75) is 6.42 Å². The normalized spacial score (nSPS) is 21.3. The maximum absolute atomic E-state index is 12.4. The number of hydrogen-bond acceptors (Lipinski definition) is 4. The van der Waals surface area contributed by atoms with E-state index in [9.17, 15) is 9.59 Å². The summed E-state index contributed by atoms with van der Waals surface area (Å²) in [4.78, 5) is 32.7. The summed E-state index contributed by atoms with van der Waals surface area (Å²) in [5.74, 6) is -0.189. The van der Waals surface area contributed by atoms with Gasteiger partial charge in [-0.05, 0) is 12.1 Å². The lowest BCUT2D eigenvalue weighted by Gasteiger charge is -2.19. The number of anilines is 1. The molecule has 1 atom stereocenters. The summed E-state index contributed by atoms with van der Waals surface area (Å²) < 4.78 is 1.06. The summed E-state index contributed by atoms with van der Waals surface area (Å²) in [6.07, 6.45) is 4.26. The van der Waals surface area contributed by atoms with Crippen LogP contribution in [0.4, 0.5) is 5.13 Å². The molecule has 0 aliphatic carbocycles. The third kappa shape index (κ3) is 2.20. The van der Waals surface area contributed by atoms with E-state index in [1.165, 1.54) is 11.3 Å². The van der Waals surface area contributed by atoms with Crippen molar-refractivity contribution in [3.8, 4) is 0 Å². The molecular formula is C16H15N3O2S. The molecule has 1 fully saturated rings. The molecule has 0 bridgehead atoms. The Labute approximate surface area is 131 Å². The van der Waals surface area contributed by atoms with Crippen molar-refractivity contribution in [3.63, 3.8) is 0 Å². The van der Waals surface area contributed by atoms with Crippen molar-refractivity contribution in [2.75, 3.05) is 24.5 Å². The minimum absolute atomic E-state index is 0.00966. The molecule has 4 rings (SSSR count). The van der Waals surface area contributed by atoms with E-state index in [0.29, 0.717) is 24.8 Å². The minimum Gasteiger partial charge on any atom is -0.335 e. The number of amides is 2. The molecule has 1 aromatic heterocycles. The largest absolute Gasteiger partial charge is 0.335 e. The number of carbonyl (C=O) groups excluding carboxylic acids is 2. The Morgan fingerprint density at radius 1 is 1.23 bits per heavy atom. The molecule has 1 unspecified atom stereocenters. The van der Waals surface area contributed by atoms with Crippen LogP contribution < -0.4 is 4.90 Å². The van der Waals surface area contributed by atoms with Crippen LogP contribution in [0.5, 0.6) is 0 Å². The van der Waals surface area contributed by atoms with Gasteiger partial charge in [0.1, 0.15) is 0 Å². The Bertz CT molecular complexity index is 742. The molecule has 22 heavy (non-hydrogen) atoms. The molecule has 1 saturated heterocycles. The predicted molar refractivity (Wildman–Crippen MR) is 85.8 cm³/mol. The van der Waals surface area contributed by atoms with Crippen LogP contribution in [0.15, 0.2) is 36.4 Å². The monoisotopic (exact) mass is 313 g/mol. The third-order valence-electron chi connectivity index (χ3n) is 4.12. The number of nitrogens with zero attached hydrogens (tertiary/aromatic N) is 3. The lowest BCUT2D eigenvalue weighted by Crippen LogP contribution is -2.35. The number of fused-ring (bicyclic) bond motifs is 1. The quantitative estimate of drug-likeness (QED) is 0.797. The average molecular weight is 313 g/mol. The lowest BCUT2D eigenvalue weighted by molar-refractivity contribution is -0.134. The van der Waals surface area contributed by atoms with Crippen molar-refractivity contribution in [1.82, 2.24) is 9.88 Å². The Morgan fingerprint density at radius 3 is 2.77 bits per heavy atom. The fourth-order valence-corrected chi connectivity index (χ4v) is 3.94. The molecule has 0 saturated carbocycles. The van der Waals surface area contributed by atoms with Gasteiger partial charge in [0.05, 0.1) is 16.1 Å². The Morgan fingerprint density at radius 2 is 2.00 bits per heavy atom. The van der Waals surface area contributed by atoms with Gasteiger partial charge in [0.2, 0.25) is 11.8 Å². The number of aromatic nitrogens is 1. The second-order valence-electron chi connectivity index (χ2n) is 5.58. The fraction of sp³-hybridized carbons (Fsp3) is 0.312. The first-order chi connectivity index (χ1) is 10.7. The van der Waals surface area contributed by atoms with Crippen LogP contribution in [-0.4, -0.2) is 41.3 Å². The molecule has 0 radical (unpaired) electrons. The number of rotatable bonds is 2. The van der Waals surface area contributed by atoms with Crippen molar-refractivity contribution in [3.05, 3.63) is 36.4 Å². The molecule has 2 aromatic rings. The van der Waals surface area contributed by atoms with Crippen LogP contribution in [0.2, 0.25) is 0 Å². The molecule has 2 aliphatic rings. The number of carbonyl (C=O) groups is 2.